The minimum absolute atomic E-state index is 0.0555. The van der Waals surface area contributed by atoms with E-state index in [4.69, 9.17) is 0 Å². The first kappa shape index (κ1) is 20.6. The fraction of sp³-hybridized carbons (Fsp3) is 0.0870. The summed E-state index contributed by atoms with van der Waals surface area (Å²) in [7, 11) is 1.57. The third-order valence-corrected chi connectivity index (χ3v) is 4.27. The van der Waals surface area contributed by atoms with Gasteiger partial charge in [0.25, 0.3) is 11.8 Å². The Morgan fingerprint density at radius 1 is 0.667 bits per heavy atom. The molecule has 0 bridgehead atoms. The number of carbonyl (C=O) groups is 3. The van der Waals surface area contributed by atoms with E-state index in [2.05, 4.69) is 21.3 Å². The molecule has 0 radical (unpaired) electrons. The quantitative estimate of drug-likeness (QED) is 0.487. The van der Waals surface area contributed by atoms with E-state index in [1.165, 1.54) is 0 Å². The molecule has 3 aromatic rings. The van der Waals surface area contributed by atoms with Gasteiger partial charge in [0.2, 0.25) is 5.91 Å². The lowest BCUT2D eigenvalue weighted by atomic mass is 10.2. The second-order valence-corrected chi connectivity index (χ2v) is 6.46. The molecule has 3 rings (SSSR count). The summed E-state index contributed by atoms with van der Waals surface area (Å²) in [5.41, 5.74) is 2.98. The van der Waals surface area contributed by atoms with Crippen LogP contribution in [0.2, 0.25) is 0 Å². The van der Waals surface area contributed by atoms with Gasteiger partial charge in [-0.15, -0.1) is 0 Å². The Morgan fingerprint density at radius 3 is 1.97 bits per heavy atom. The van der Waals surface area contributed by atoms with Gasteiger partial charge < -0.3 is 21.3 Å². The highest BCUT2D eigenvalue weighted by Crippen LogP contribution is 2.16. The summed E-state index contributed by atoms with van der Waals surface area (Å²) in [6.45, 7) is 0.0555. The van der Waals surface area contributed by atoms with Crippen LogP contribution in [0.5, 0.6) is 0 Å². The highest BCUT2D eigenvalue weighted by Gasteiger charge is 2.08. The van der Waals surface area contributed by atoms with Crippen molar-refractivity contribution in [3.05, 3.63) is 90.0 Å². The number of carbonyl (C=O) groups excluding carboxylic acids is 3. The molecule has 0 spiro atoms. The minimum Gasteiger partial charge on any atom is -0.376 e. The first-order valence-corrected chi connectivity index (χ1v) is 9.37. The number of hydrogen-bond donors (Lipinski definition) is 4. The maximum atomic E-state index is 12.3. The molecule has 4 N–H and O–H groups in total. The van der Waals surface area contributed by atoms with Crippen LogP contribution in [0.15, 0.2) is 78.9 Å². The first-order chi connectivity index (χ1) is 14.5. The maximum absolute atomic E-state index is 12.3. The molecule has 0 aliphatic carbocycles. The molecule has 0 saturated heterocycles. The summed E-state index contributed by atoms with van der Waals surface area (Å²) in [4.78, 5) is 36.0. The van der Waals surface area contributed by atoms with Crippen LogP contribution in [-0.2, 0) is 4.79 Å². The summed E-state index contributed by atoms with van der Waals surface area (Å²) in [5.74, 6) is -0.628. The predicted molar refractivity (Wildman–Crippen MR) is 118 cm³/mol. The van der Waals surface area contributed by atoms with Crippen molar-refractivity contribution in [1.82, 2.24) is 5.32 Å². The number of benzene rings is 3. The van der Waals surface area contributed by atoms with Crippen molar-refractivity contribution >= 4 is 34.8 Å². The molecule has 30 heavy (non-hydrogen) atoms. The van der Waals surface area contributed by atoms with E-state index in [-0.39, 0.29) is 24.3 Å². The summed E-state index contributed by atoms with van der Waals surface area (Å²) < 4.78 is 0. The third-order valence-electron chi connectivity index (χ3n) is 4.27. The van der Waals surface area contributed by atoms with Crippen molar-refractivity contribution in [2.24, 2.45) is 0 Å². The average Bonchev–Trinajstić information content (AvgIpc) is 2.78. The van der Waals surface area contributed by atoms with Crippen LogP contribution in [0.4, 0.5) is 17.1 Å². The van der Waals surface area contributed by atoms with Crippen molar-refractivity contribution < 1.29 is 14.4 Å². The van der Waals surface area contributed by atoms with Crippen LogP contribution >= 0.6 is 0 Å². The van der Waals surface area contributed by atoms with Gasteiger partial charge in [0.05, 0.1) is 6.54 Å². The Labute approximate surface area is 174 Å². The second-order valence-electron chi connectivity index (χ2n) is 6.46. The van der Waals surface area contributed by atoms with Gasteiger partial charge in [-0.1, -0.05) is 24.3 Å². The Bertz CT molecular complexity index is 1030. The van der Waals surface area contributed by atoms with Crippen molar-refractivity contribution in [3.8, 4) is 0 Å². The van der Waals surface area contributed by atoms with E-state index in [1.54, 1.807) is 79.8 Å². The Morgan fingerprint density at radius 2 is 1.30 bits per heavy atom. The summed E-state index contributed by atoms with van der Waals surface area (Å²) in [5, 5.41) is 11.2. The molecule has 0 aliphatic heterocycles. The lowest BCUT2D eigenvalue weighted by Gasteiger charge is -2.10. The molecule has 0 aliphatic rings. The number of amides is 3. The van der Waals surface area contributed by atoms with Crippen LogP contribution in [-0.4, -0.2) is 31.3 Å². The van der Waals surface area contributed by atoms with Gasteiger partial charge in [0, 0.05) is 35.2 Å². The molecule has 7 heteroatoms. The first-order valence-electron chi connectivity index (χ1n) is 9.37. The van der Waals surface area contributed by atoms with Gasteiger partial charge in [-0.25, -0.2) is 0 Å². The minimum atomic E-state index is -0.239. The zero-order chi connectivity index (χ0) is 21.3. The van der Waals surface area contributed by atoms with Crippen LogP contribution < -0.4 is 21.3 Å². The summed E-state index contributed by atoms with van der Waals surface area (Å²) >= 11 is 0. The van der Waals surface area contributed by atoms with Crippen molar-refractivity contribution in [3.63, 3.8) is 0 Å². The van der Waals surface area contributed by atoms with Gasteiger partial charge in [0.1, 0.15) is 0 Å². The number of hydrogen-bond acceptors (Lipinski definition) is 4. The maximum Gasteiger partial charge on any atom is 0.255 e. The Hall–Kier alpha value is -4.13. The number of rotatable bonds is 7. The van der Waals surface area contributed by atoms with E-state index >= 15 is 0 Å². The predicted octanol–water partition coefficient (Wildman–Crippen LogP) is 3.35. The van der Waals surface area contributed by atoms with Crippen molar-refractivity contribution in [1.29, 1.82) is 0 Å². The van der Waals surface area contributed by atoms with Crippen LogP contribution in [0.3, 0.4) is 0 Å². The number of anilines is 3. The third kappa shape index (κ3) is 5.68. The lowest BCUT2D eigenvalue weighted by Crippen LogP contribution is -2.22. The van der Waals surface area contributed by atoms with Crippen molar-refractivity contribution in [2.75, 3.05) is 29.5 Å². The molecule has 0 atom stereocenters. The van der Waals surface area contributed by atoms with Crippen LogP contribution in [0.1, 0.15) is 20.7 Å². The molecular formula is C23H22N4O3. The molecule has 0 unspecified atom stereocenters. The van der Waals surface area contributed by atoms with Gasteiger partial charge in [-0.2, -0.15) is 0 Å². The van der Waals surface area contributed by atoms with E-state index in [9.17, 15) is 14.4 Å². The normalized spacial score (nSPS) is 10.0. The Balaban J connectivity index is 1.53. The molecule has 3 aromatic carbocycles. The summed E-state index contributed by atoms with van der Waals surface area (Å²) in [6.07, 6.45) is 0. The van der Waals surface area contributed by atoms with Crippen LogP contribution in [0, 0.1) is 0 Å². The van der Waals surface area contributed by atoms with E-state index in [0.717, 1.165) is 5.69 Å². The zero-order valence-electron chi connectivity index (χ0n) is 16.4. The monoisotopic (exact) mass is 402 g/mol. The summed E-state index contributed by atoms with van der Waals surface area (Å²) in [6, 6.07) is 22.7. The van der Waals surface area contributed by atoms with Crippen LogP contribution in [0.25, 0.3) is 0 Å². The van der Waals surface area contributed by atoms with Crippen molar-refractivity contribution in [2.45, 2.75) is 0 Å². The molecular weight excluding hydrogens is 380 g/mol. The molecule has 0 aromatic heterocycles. The van der Waals surface area contributed by atoms with Gasteiger partial charge in [-0.05, 0) is 54.6 Å². The zero-order valence-corrected chi connectivity index (χ0v) is 16.4. The van der Waals surface area contributed by atoms with Gasteiger partial charge >= 0.3 is 0 Å². The fourth-order valence-corrected chi connectivity index (χ4v) is 2.74. The lowest BCUT2D eigenvalue weighted by molar-refractivity contribution is -0.114. The van der Waals surface area contributed by atoms with E-state index in [0.29, 0.717) is 22.5 Å². The largest absolute Gasteiger partial charge is 0.376 e. The van der Waals surface area contributed by atoms with E-state index in [1.807, 2.05) is 6.07 Å². The molecule has 152 valence electrons. The second kappa shape index (κ2) is 9.88. The van der Waals surface area contributed by atoms with E-state index < -0.39 is 0 Å². The standard InChI is InChI=1S/C23H22N4O3/c1-24-22(29)17-10-12-18(13-11-17)25-15-21(28)26-19-8-5-9-20(14-19)27-23(30)16-6-3-2-4-7-16/h2-14,25H,15H2,1H3,(H,24,29)(H,26,28)(H,27,30). The molecule has 0 saturated carbocycles. The average molecular weight is 402 g/mol. The Kier molecular flexibility index (Phi) is 6.78. The smallest absolute Gasteiger partial charge is 0.255 e. The topological polar surface area (TPSA) is 99.3 Å². The SMILES string of the molecule is CNC(=O)c1ccc(NCC(=O)Nc2cccc(NC(=O)c3ccccc3)c2)cc1. The fourth-order valence-electron chi connectivity index (χ4n) is 2.74. The number of nitrogens with one attached hydrogen (secondary N) is 4. The molecule has 3 amide bonds. The molecule has 0 fully saturated rings. The highest BCUT2D eigenvalue weighted by molar-refractivity contribution is 6.04. The van der Waals surface area contributed by atoms with Gasteiger partial charge in [-0.3, -0.25) is 14.4 Å². The molecule has 0 heterocycles. The van der Waals surface area contributed by atoms with Gasteiger partial charge in [0.15, 0.2) is 0 Å². The highest BCUT2D eigenvalue weighted by atomic mass is 16.2. The molecule has 7 nitrogen and oxygen atoms in total.